The molecule has 0 aromatic heterocycles. The number of hydrogen-bond acceptors (Lipinski definition) is 5. The molecule has 0 unspecified atom stereocenters. The number of piperidine rings is 1. The van der Waals surface area contributed by atoms with Crippen LogP contribution in [0.15, 0.2) is 77.9 Å². The number of methoxy groups -OCH3 is 1. The molecule has 0 N–H and O–H groups in total. The Morgan fingerprint density at radius 1 is 0.971 bits per heavy atom. The van der Waals surface area contributed by atoms with Crippen LogP contribution in [-0.2, 0) is 6.54 Å². The van der Waals surface area contributed by atoms with Gasteiger partial charge in [0.1, 0.15) is 0 Å². The number of hydrazone groups is 1. The zero-order valence-electron chi connectivity index (χ0n) is 19.9. The van der Waals surface area contributed by atoms with E-state index in [4.69, 9.17) is 14.6 Å². The van der Waals surface area contributed by atoms with Crippen molar-refractivity contribution in [2.75, 3.05) is 20.2 Å². The van der Waals surface area contributed by atoms with Crippen LogP contribution in [0.2, 0.25) is 0 Å². The Hall–Kier alpha value is -3.31. The molecule has 3 heterocycles. The summed E-state index contributed by atoms with van der Waals surface area (Å²) in [5.41, 5.74) is 5.67. The molecule has 174 valence electrons. The maximum atomic E-state index is 6.87. The highest BCUT2D eigenvalue weighted by Crippen LogP contribution is 2.52. The van der Waals surface area contributed by atoms with Crippen LogP contribution in [0.25, 0.3) is 0 Å². The fourth-order valence-corrected chi connectivity index (χ4v) is 5.58. The molecule has 3 aromatic rings. The lowest BCUT2D eigenvalue weighted by atomic mass is 9.90. The van der Waals surface area contributed by atoms with E-state index >= 15 is 0 Å². The molecule has 0 bridgehead atoms. The van der Waals surface area contributed by atoms with Crippen LogP contribution >= 0.6 is 0 Å². The quantitative estimate of drug-likeness (QED) is 0.520. The van der Waals surface area contributed by atoms with Crippen LogP contribution in [0, 0.1) is 6.92 Å². The summed E-state index contributed by atoms with van der Waals surface area (Å²) in [7, 11) is 1.73. The van der Waals surface area contributed by atoms with Gasteiger partial charge in [-0.25, -0.2) is 5.01 Å². The number of benzene rings is 3. The van der Waals surface area contributed by atoms with Crippen LogP contribution in [0.5, 0.6) is 11.5 Å². The molecular weight excluding hydrogens is 422 g/mol. The average Bonchev–Trinajstić information content (AvgIpc) is 3.33. The smallest absolute Gasteiger partial charge is 0.200 e. The van der Waals surface area contributed by atoms with Crippen molar-refractivity contribution in [3.05, 3.63) is 95.1 Å². The fraction of sp³-hybridized carbons (Fsp3) is 0.345. The maximum absolute atomic E-state index is 6.87. The second-order valence-corrected chi connectivity index (χ2v) is 9.67. The number of rotatable bonds is 4. The van der Waals surface area contributed by atoms with Crippen molar-refractivity contribution >= 4 is 5.71 Å². The van der Waals surface area contributed by atoms with E-state index in [1.807, 2.05) is 6.07 Å². The normalized spacial score (nSPS) is 20.9. The lowest BCUT2D eigenvalue weighted by Crippen LogP contribution is -2.59. The summed E-state index contributed by atoms with van der Waals surface area (Å²) in [5, 5.41) is 7.50. The summed E-state index contributed by atoms with van der Waals surface area (Å²) in [6.45, 7) is 5.03. The second-order valence-electron chi connectivity index (χ2n) is 9.67. The maximum Gasteiger partial charge on any atom is 0.200 e. The Bertz CT molecular complexity index is 1200. The third-order valence-corrected chi connectivity index (χ3v) is 7.48. The number of hydrogen-bond donors (Lipinski definition) is 0. The van der Waals surface area contributed by atoms with E-state index in [0.29, 0.717) is 0 Å². The molecule has 6 rings (SSSR count). The molecule has 1 fully saturated rings. The van der Waals surface area contributed by atoms with E-state index in [-0.39, 0.29) is 6.04 Å². The Morgan fingerprint density at radius 2 is 1.74 bits per heavy atom. The molecule has 3 aromatic carbocycles. The standard InChI is InChI=1S/C29H31N3O2/c1-21-11-13-23(14-12-21)25-19-26-24-9-6-10-27(33-2)28(24)34-29(32(26)30-25)15-17-31(18-16-29)20-22-7-4-3-5-8-22/h3-14,26H,15-20H2,1-2H3/t26-/m0/s1. The van der Waals surface area contributed by atoms with Gasteiger partial charge in [0, 0.05) is 44.5 Å². The van der Waals surface area contributed by atoms with Crippen molar-refractivity contribution in [1.82, 2.24) is 9.91 Å². The zero-order valence-corrected chi connectivity index (χ0v) is 19.9. The Balaban J connectivity index is 1.33. The average molecular weight is 454 g/mol. The zero-order chi connectivity index (χ0) is 23.1. The van der Waals surface area contributed by atoms with Gasteiger partial charge in [0.05, 0.1) is 18.9 Å². The van der Waals surface area contributed by atoms with Crippen LogP contribution in [-0.4, -0.2) is 41.5 Å². The molecule has 3 aliphatic heterocycles. The predicted molar refractivity (Wildman–Crippen MR) is 134 cm³/mol. The molecule has 5 nitrogen and oxygen atoms in total. The first-order valence-electron chi connectivity index (χ1n) is 12.2. The SMILES string of the molecule is COc1cccc2c1OC1(CCN(Cc3ccccc3)CC1)N1N=C(c3ccc(C)cc3)C[C@@H]21. The third kappa shape index (κ3) is 3.64. The minimum atomic E-state index is -0.452. The predicted octanol–water partition coefficient (Wildman–Crippen LogP) is 5.54. The molecule has 0 aliphatic carbocycles. The van der Waals surface area contributed by atoms with E-state index in [1.54, 1.807) is 7.11 Å². The molecule has 0 radical (unpaired) electrons. The van der Waals surface area contributed by atoms with Crippen molar-refractivity contribution in [1.29, 1.82) is 0 Å². The largest absolute Gasteiger partial charge is 0.493 e. The second kappa shape index (κ2) is 8.48. The van der Waals surface area contributed by atoms with Crippen LogP contribution in [0.3, 0.4) is 0 Å². The van der Waals surface area contributed by atoms with Crippen molar-refractivity contribution < 1.29 is 9.47 Å². The fourth-order valence-electron chi connectivity index (χ4n) is 5.58. The Labute approximate surface area is 201 Å². The van der Waals surface area contributed by atoms with Gasteiger partial charge in [-0.15, -0.1) is 0 Å². The molecule has 3 aliphatic rings. The Morgan fingerprint density at radius 3 is 2.47 bits per heavy atom. The molecule has 1 spiro atoms. The van der Waals surface area contributed by atoms with Crippen molar-refractivity contribution in [2.24, 2.45) is 5.10 Å². The summed E-state index contributed by atoms with van der Waals surface area (Å²) in [5.74, 6) is 1.70. The topological polar surface area (TPSA) is 37.3 Å². The van der Waals surface area contributed by atoms with Gasteiger partial charge >= 0.3 is 0 Å². The first-order chi connectivity index (χ1) is 16.6. The van der Waals surface area contributed by atoms with Gasteiger partial charge in [-0.05, 0) is 24.1 Å². The van der Waals surface area contributed by atoms with Gasteiger partial charge in [-0.3, -0.25) is 4.90 Å². The lowest BCUT2D eigenvalue weighted by Gasteiger charge is -2.51. The van der Waals surface area contributed by atoms with E-state index in [1.165, 1.54) is 22.3 Å². The molecule has 0 saturated carbocycles. The molecule has 1 atom stereocenters. The van der Waals surface area contributed by atoms with Gasteiger partial charge in [-0.2, -0.15) is 5.10 Å². The molecular formula is C29H31N3O2. The van der Waals surface area contributed by atoms with Gasteiger partial charge in [-0.1, -0.05) is 72.3 Å². The lowest BCUT2D eigenvalue weighted by molar-refractivity contribution is -0.151. The summed E-state index contributed by atoms with van der Waals surface area (Å²) in [6.07, 6.45) is 2.68. The molecule has 0 amide bonds. The molecule has 5 heteroatoms. The molecule has 34 heavy (non-hydrogen) atoms. The van der Waals surface area contributed by atoms with Crippen molar-refractivity contribution in [2.45, 2.75) is 44.5 Å². The summed E-state index contributed by atoms with van der Waals surface area (Å²) >= 11 is 0. The minimum Gasteiger partial charge on any atom is -0.493 e. The monoisotopic (exact) mass is 453 g/mol. The first-order valence-corrected chi connectivity index (χ1v) is 12.2. The highest BCUT2D eigenvalue weighted by molar-refractivity contribution is 6.02. The number of ether oxygens (including phenoxy) is 2. The van der Waals surface area contributed by atoms with Crippen LogP contribution < -0.4 is 9.47 Å². The van der Waals surface area contributed by atoms with E-state index in [2.05, 4.69) is 83.6 Å². The summed E-state index contributed by atoms with van der Waals surface area (Å²) in [4.78, 5) is 2.53. The van der Waals surface area contributed by atoms with Crippen LogP contribution in [0.1, 0.15) is 47.6 Å². The van der Waals surface area contributed by atoms with E-state index < -0.39 is 5.72 Å². The van der Waals surface area contributed by atoms with Gasteiger partial charge in [0.25, 0.3) is 0 Å². The number of likely N-dealkylation sites (tertiary alicyclic amines) is 1. The van der Waals surface area contributed by atoms with Crippen molar-refractivity contribution in [3.63, 3.8) is 0 Å². The Kier molecular flexibility index (Phi) is 5.30. The van der Waals surface area contributed by atoms with E-state index in [0.717, 1.165) is 56.1 Å². The van der Waals surface area contributed by atoms with E-state index in [9.17, 15) is 0 Å². The highest BCUT2D eigenvalue weighted by Gasteiger charge is 2.52. The number of para-hydroxylation sites is 1. The van der Waals surface area contributed by atoms with Gasteiger partial charge < -0.3 is 9.47 Å². The van der Waals surface area contributed by atoms with Gasteiger partial charge in [0.2, 0.25) is 5.72 Å². The molecule has 1 saturated heterocycles. The summed E-state index contributed by atoms with van der Waals surface area (Å²) < 4.78 is 12.6. The highest BCUT2D eigenvalue weighted by atomic mass is 16.5. The first kappa shape index (κ1) is 21.2. The van der Waals surface area contributed by atoms with Gasteiger partial charge in [0.15, 0.2) is 11.5 Å². The number of fused-ring (bicyclic) bond motifs is 4. The number of nitrogens with zero attached hydrogens (tertiary/aromatic N) is 3. The third-order valence-electron chi connectivity index (χ3n) is 7.48. The summed E-state index contributed by atoms with van der Waals surface area (Å²) in [6, 6.07) is 25.8. The minimum absolute atomic E-state index is 0.163. The number of aryl methyl sites for hydroxylation is 1. The van der Waals surface area contributed by atoms with Crippen molar-refractivity contribution in [3.8, 4) is 11.5 Å². The van der Waals surface area contributed by atoms with Crippen LogP contribution in [0.4, 0.5) is 0 Å².